The van der Waals surface area contributed by atoms with Crippen LogP contribution in [0.2, 0.25) is 0 Å². The maximum absolute atomic E-state index is 13.0. The predicted molar refractivity (Wildman–Crippen MR) is 129 cm³/mol. The number of nitrogens with one attached hydrogen (secondary N) is 2. The van der Waals surface area contributed by atoms with Gasteiger partial charge in [0.15, 0.2) is 12.1 Å². The fourth-order valence-corrected chi connectivity index (χ4v) is 3.97. The highest BCUT2D eigenvalue weighted by atomic mass is 16.6. The minimum atomic E-state index is -0.839. The van der Waals surface area contributed by atoms with Gasteiger partial charge in [-0.1, -0.05) is 60.2 Å². The molecular weight excluding hydrogens is 430 g/mol. The highest BCUT2D eigenvalue weighted by Gasteiger charge is 2.46. The number of rotatable bonds is 7. The normalized spacial score (nSPS) is 17.2. The first-order valence-electron chi connectivity index (χ1n) is 11.2. The zero-order valence-corrected chi connectivity index (χ0v) is 19.2. The van der Waals surface area contributed by atoms with Crippen LogP contribution < -0.4 is 10.6 Å². The molecule has 1 saturated heterocycles. The molecule has 1 aliphatic rings. The van der Waals surface area contributed by atoms with E-state index in [1.165, 1.54) is 4.90 Å². The number of benzene rings is 3. The highest BCUT2D eigenvalue weighted by molar-refractivity contribution is 6.04. The van der Waals surface area contributed by atoms with E-state index in [0.29, 0.717) is 23.4 Å². The predicted octanol–water partition coefficient (Wildman–Crippen LogP) is 4.45. The van der Waals surface area contributed by atoms with Crippen molar-refractivity contribution in [2.24, 2.45) is 0 Å². The van der Waals surface area contributed by atoms with E-state index in [1.807, 2.05) is 44.2 Å². The zero-order valence-electron chi connectivity index (χ0n) is 19.2. The number of amides is 3. The van der Waals surface area contributed by atoms with Crippen LogP contribution in [0.5, 0.6) is 0 Å². The number of hydrogen-bond acceptors (Lipinski definition) is 4. The molecule has 0 saturated carbocycles. The molecule has 3 aromatic carbocycles. The van der Waals surface area contributed by atoms with Gasteiger partial charge in [-0.15, -0.1) is 0 Å². The smallest absolute Gasteiger partial charge is 0.411 e. The van der Waals surface area contributed by atoms with Crippen molar-refractivity contribution in [1.29, 1.82) is 0 Å². The van der Waals surface area contributed by atoms with Crippen LogP contribution in [0, 0.1) is 6.92 Å². The number of cyclic esters (lactones) is 1. The molecule has 174 valence electrons. The molecule has 2 unspecified atom stereocenters. The Balaban J connectivity index is 1.59. The van der Waals surface area contributed by atoms with Crippen molar-refractivity contribution in [1.82, 2.24) is 10.2 Å². The standard InChI is InChI=1S/C27H27N3O4/c1-3-28-26(32)23-24(34-27(33)30(23)17-19-14-12-18(2)13-15-19)21-10-7-11-22(16-21)29-25(31)20-8-5-4-6-9-20/h4-16,23-24H,3,17H2,1-2H3,(H,28,32)(H,29,31). The number of carbonyl (C=O) groups excluding carboxylic acids is 3. The number of nitrogens with zero attached hydrogens (tertiary/aromatic N) is 1. The number of ether oxygens (including phenoxy) is 1. The van der Waals surface area contributed by atoms with Crippen LogP contribution in [0.1, 0.15) is 40.1 Å². The lowest BCUT2D eigenvalue weighted by atomic mass is 10.00. The van der Waals surface area contributed by atoms with Gasteiger partial charge in [0, 0.05) is 17.8 Å². The first kappa shape index (κ1) is 23.0. The SMILES string of the molecule is CCNC(=O)C1C(c2cccc(NC(=O)c3ccccc3)c2)OC(=O)N1Cc1ccc(C)cc1. The third kappa shape index (κ3) is 5.09. The fraction of sp³-hybridized carbons (Fsp3) is 0.222. The number of hydrogen-bond donors (Lipinski definition) is 2. The Labute approximate surface area is 198 Å². The second-order valence-corrected chi connectivity index (χ2v) is 8.20. The van der Waals surface area contributed by atoms with E-state index in [2.05, 4.69) is 10.6 Å². The van der Waals surface area contributed by atoms with Crippen molar-refractivity contribution in [2.75, 3.05) is 11.9 Å². The Kier molecular flexibility index (Phi) is 6.92. The summed E-state index contributed by atoms with van der Waals surface area (Å²) < 4.78 is 5.69. The van der Waals surface area contributed by atoms with E-state index in [4.69, 9.17) is 4.74 Å². The van der Waals surface area contributed by atoms with Crippen molar-refractivity contribution in [3.05, 3.63) is 101 Å². The molecule has 7 heteroatoms. The summed E-state index contributed by atoms with van der Waals surface area (Å²) in [5.41, 5.74) is 3.72. The van der Waals surface area contributed by atoms with Gasteiger partial charge in [-0.2, -0.15) is 0 Å². The van der Waals surface area contributed by atoms with Gasteiger partial charge in [-0.25, -0.2) is 4.79 Å². The second kappa shape index (κ2) is 10.2. The third-order valence-corrected chi connectivity index (χ3v) is 5.69. The Morgan fingerprint density at radius 3 is 2.41 bits per heavy atom. The summed E-state index contributed by atoms with van der Waals surface area (Å²) in [6.07, 6.45) is -1.36. The van der Waals surface area contributed by atoms with Crippen molar-refractivity contribution in [2.45, 2.75) is 32.5 Å². The summed E-state index contributed by atoms with van der Waals surface area (Å²) in [4.78, 5) is 39.9. The molecule has 1 aliphatic heterocycles. The van der Waals surface area contributed by atoms with Gasteiger partial charge in [0.05, 0.1) is 6.54 Å². The van der Waals surface area contributed by atoms with E-state index in [-0.39, 0.29) is 18.4 Å². The molecular formula is C27H27N3O4. The largest absolute Gasteiger partial charge is 0.438 e. The minimum absolute atomic E-state index is 0.248. The molecule has 7 nitrogen and oxygen atoms in total. The summed E-state index contributed by atoms with van der Waals surface area (Å²) >= 11 is 0. The molecule has 2 N–H and O–H groups in total. The molecule has 3 amide bonds. The number of likely N-dealkylation sites (N-methyl/N-ethyl adjacent to an activating group) is 1. The van der Waals surface area contributed by atoms with E-state index in [1.54, 1.807) is 48.5 Å². The zero-order chi connectivity index (χ0) is 24.1. The molecule has 0 bridgehead atoms. The number of aryl methyl sites for hydroxylation is 1. The van der Waals surface area contributed by atoms with Crippen molar-refractivity contribution in [3.63, 3.8) is 0 Å². The van der Waals surface area contributed by atoms with Crippen LogP contribution in [-0.4, -0.2) is 35.4 Å². The van der Waals surface area contributed by atoms with Gasteiger partial charge in [-0.3, -0.25) is 14.5 Å². The van der Waals surface area contributed by atoms with Gasteiger partial charge < -0.3 is 15.4 Å². The van der Waals surface area contributed by atoms with Crippen LogP contribution in [0.25, 0.3) is 0 Å². The Bertz CT molecular complexity index is 1180. The van der Waals surface area contributed by atoms with Gasteiger partial charge in [-0.05, 0) is 49.2 Å². The topological polar surface area (TPSA) is 87.7 Å². The van der Waals surface area contributed by atoms with Crippen LogP contribution >= 0.6 is 0 Å². The van der Waals surface area contributed by atoms with Crippen LogP contribution in [0.4, 0.5) is 10.5 Å². The first-order valence-corrected chi connectivity index (χ1v) is 11.2. The van der Waals surface area contributed by atoms with Crippen molar-refractivity contribution >= 4 is 23.6 Å². The third-order valence-electron chi connectivity index (χ3n) is 5.69. The summed E-state index contributed by atoms with van der Waals surface area (Å²) in [6, 6.07) is 22.9. The van der Waals surface area contributed by atoms with Crippen LogP contribution in [0.15, 0.2) is 78.9 Å². The summed E-state index contributed by atoms with van der Waals surface area (Å²) in [6.45, 7) is 4.50. The molecule has 34 heavy (non-hydrogen) atoms. The molecule has 0 aliphatic carbocycles. The van der Waals surface area contributed by atoms with Gasteiger partial charge >= 0.3 is 6.09 Å². The van der Waals surface area contributed by atoms with Crippen molar-refractivity contribution < 1.29 is 19.1 Å². The Morgan fingerprint density at radius 2 is 1.71 bits per heavy atom. The molecule has 3 aromatic rings. The molecule has 0 aromatic heterocycles. The fourth-order valence-electron chi connectivity index (χ4n) is 3.97. The van der Waals surface area contributed by atoms with E-state index in [9.17, 15) is 14.4 Å². The van der Waals surface area contributed by atoms with Gasteiger partial charge in [0.1, 0.15) is 0 Å². The number of anilines is 1. The van der Waals surface area contributed by atoms with E-state index >= 15 is 0 Å². The second-order valence-electron chi connectivity index (χ2n) is 8.20. The quantitative estimate of drug-likeness (QED) is 0.549. The van der Waals surface area contributed by atoms with Crippen LogP contribution in [0.3, 0.4) is 0 Å². The monoisotopic (exact) mass is 457 g/mol. The summed E-state index contributed by atoms with van der Waals surface area (Å²) in [5.74, 6) is -0.536. The van der Waals surface area contributed by atoms with E-state index in [0.717, 1.165) is 11.1 Å². The molecule has 1 fully saturated rings. The molecule has 0 radical (unpaired) electrons. The molecule has 1 heterocycles. The average Bonchev–Trinajstić information content (AvgIpc) is 3.17. The Morgan fingerprint density at radius 1 is 0.971 bits per heavy atom. The van der Waals surface area contributed by atoms with Gasteiger partial charge in [0.2, 0.25) is 5.91 Å². The van der Waals surface area contributed by atoms with Crippen LogP contribution in [-0.2, 0) is 16.1 Å². The lowest BCUT2D eigenvalue weighted by Gasteiger charge is -2.24. The maximum atomic E-state index is 13.0. The molecule has 2 atom stereocenters. The molecule has 4 rings (SSSR count). The number of carbonyl (C=O) groups is 3. The molecule has 0 spiro atoms. The van der Waals surface area contributed by atoms with Gasteiger partial charge in [0.25, 0.3) is 5.91 Å². The average molecular weight is 458 g/mol. The summed E-state index contributed by atoms with van der Waals surface area (Å²) in [5, 5.41) is 5.68. The highest BCUT2D eigenvalue weighted by Crippen LogP contribution is 2.35. The first-order chi connectivity index (χ1) is 16.5. The minimum Gasteiger partial charge on any atom is -0.438 e. The van der Waals surface area contributed by atoms with E-state index < -0.39 is 18.2 Å². The van der Waals surface area contributed by atoms with Crippen molar-refractivity contribution in [3.8, 4) is 0 Å². The lowest BCUT2D eigenvalue weighted by Crippen LogP contribution is -2.46. The maximum Gasteiger partial charge on any atom is 0.411 e. The Hall–Kier alpha value is -4.13. The summed E-state index contributed by atoms with van der Waals surface area (Å²) in [7, 11) is 0. The lowest BCUT2D eigenvalue weighted by molar-refractivity contribution is -0.126.